The van der Waals surface area contributed by atoms with Crippen molar-refractivity contribution in [1.29, 1.82) is 5.26 Å². The number of oxazole rings is 1. The number of hydrogen-bond acceptors (Lipinski definition) is 3. The first-order valence-corrected chi connectivity index (χ1v) is 18.5. The highest BCUT2D eigenvalue weighted by Crippen LogP contribution is 2.51. The topological polar surface area (TPSA) is 59.7 Å². The number of aromatic nitrogens is 3. The minimum Gasteiger partial charge on any atom is -0.435 e. The fourth-order valence-corrected chi connectivity index (χ4v) is 9.66. The van der Waals surface area contributed by atoms with E-state index >= 15 is 0 Å². The maximum Gasteiger partial charge on any atom is 0.227 e. The van der Waals surface area contributed by atoms with Gasteiger partial charge in [0.1, 0.15) is 5.69 Å². The van der Waals surface area contributed by atoms with Crippen LogP contribution in [0.4, 0.5) is 0 Å². The lowest BCUT2D eigenvalue weighted by molar-refractivity contribution is 0.590. The van der Waals surface area contributed by atoms with Gasteiger partial charge in [-0.25, -0.2) is 4.98 Å². The lowest BCUT2D eigenvalue weighted by atomic mass is 9.95. The van der Waals surface area contributed by atoms with Crippen molar-refractivity contribution >= 4 is 75.9 Å². The van der Waals surface area contributed by atoms with E-state index in [2.05, 4.69) is 149 Å². The minimum atomic E-state index is 0.551. The van der Waals surface area contributed by atoms with Crippen molar-refractivity contribution in [2.75, 3.05) is 0 Å². The van der Waals surface area contributed by atoms with Crippen LogP contribution in [0.1, 0.15) is 5.56 Å². The Morgan fingerprint density at radius 1 is 0.473 bits per heavy atom. The van der Waals surface area contributed by atoms with Crippen molar-refractivity contribution in [3.8, 4) is 51.5 Å². The molecule has 13 rings (SSSR count). The number of fused-ring (bicyclic) bond motifs is 5. The third-order valence-corrected chi connectivity index (χ3v) is 11.8. The highest BCUT2D eigenvalue weighted by Gasteiger charge is 2.30. The Morgan fingerprint density at radius 2 is 1.02 bits per heavy atom. The zero-order chi connectivity index (χ0) is 35.9. The second kappa shape index (κ2) is 10.3. The third kappa shape index (κ3) is 3.63. The zero-order valence-corrected chi connectivity index (χ0v) is 29.2. The molecule has 0 saturated heterocycles. The molecule has 0 radical (unpaired) electrons. The van der Waals surface area contributed by atoms with Crippen LogP contribution in [0.5, 0.6) is 0 Å². The standard InChI is InChI=1S/C50H26N4O/c51-27-28-21-23-29(24-22-28)50-52-48-37-16-4-9-30-25-32(26-38(43(30)37)49(48)55-50)54-41-19-7-14-35-33-12-5-17-39-44(33)45-34(36-15-8-20-42(54)47(36)46(35)41)13-6-18-40(45)53(39)31-10-2-1-3-11-31/h1-26H. The Morgan fingerprint density at radius 3 is 1.58 bits per heavy atom. The van der Waals surface area contributed by atoms with Crippen LogP contribution in [-0.2, 0) is 0 Å². The Kier molecular flexibility index (Phi) is 5.38. The summed E-state index contributed by atoms with van der Waals surface area (Å²) in [4.78, 5) is 5.02. The highest BCUT2D eigenvalue weighted by molar-refractivity contribution is 6.37. The minimum absolute atomic E-state index is 0.551. The summed E-state index contributed by atoms with van der Waals surface area (Å²) in [6, 6.07) is 58.5. The average molecular weight is 699 g/mol. The van der Waals surface area contributed by atoms with Crippen LogP contribution in [0.3, 0.4) is 0 Å². The molecule has 3 aromatic heterocycles. The van der Waals surface area contributed by atoms with Crippen molar-refractivity contribution in [3.05, 3.63) is 163 Å². The first-order valence-electron chi connectivity index (χ1n) is 18.5. The van der Waals surface area contributed by atoms with E-state index in [0.717, 1.165) is 61.3 Å². The van der Waals surface area contributed by atoms with Crippen LogP contribution in [-0.4, -0.2) is 14.1 Å². The molecule has 0 bridgehead atoms. The predicted octanol–water partition coefficient (Wildman–Crippen LogP) is 13.0. The number of hydrogen-bond donors (Lipinski definition) is 0. The molecule has 0 fully saturated rings. The number of nitrogens with zero attached hydrogens (tertiary/aromatic N) is 4. The maximum atomic E-state index is 9.34. The summed E-state index contributed by atoms with van der Waals surface area (Å²) < 4.78 is 11.5. The largest absolute Gasteiger partial charge is 0.435 e. The normalized spacial score (nSPS) is 12.3. The van der Waals surface area contributed by atoms with Crippen LogP contribution >= 0.6 is 0 Å². The summed E-state index contributed by atoms with van der Waals surface area (Å²) in [6.45, 7) is 0. The van der Waals surface area contributed by atoms with Crippen molar-refractivity contribution in [1.82, 2.24) is 14.1 Å². The van der Waals surface area contributed by atoms with Gasteiger partial charge >= 0.3 is 0 Å². The van der Waals surface area contributed by atoms with Gasteiger partial charge in [0.15, 0.2) is 5.76 Å². The lowest BCUT2D eigenvalue weighted by Gasteiger charge is -2.12. The van der Waals surface area contributed by atoms with Gasteiger partial charge in [-0.15, -0.1) is 0 Å². The Balaban J connectivity index is 1.14. The zero-order valence-electron chi connectivity index (χ0n) is 29.2. The summed E-state index contributed by atoms with van der Waals surface area (Å²) in [5.74, 6) is 1.33. The number of para-hydroxylation sites is 1. The van der Waals surface area contributed by atoms with Gasteiger partial charge in [-0.05, 0) is 99.7 Å². The van der Waals surface area contributed by atoms with E-state index in [-0.39, 0.29) is 0 Å². The molecule has 12 aromatic rings. The van der Waals surface area contributed by atoms with Crippen LogP contribution in [0, 0.1) is 11.3 Å². The molecule has 0 aliphatic heterocycles. The van der Waals surface area contributed by atoms with Gasteiger partial charge in [0.25, 0.3) is 0 Å². The van der Waals surface area contributed by atoms with Crippen LogP contribution in [0.25, 0.3) is 121 Å². The van der Waals surface area contributed by atoms with Crippen LogP contribution in [0.15, 0.2) is 162 Å². The molecule has 5 heteroatoms. The number of nitriles is 1. The van der Waals surface area contributed by atoms with E-state index in [1.165, 1.54) is 54.1 Å². The Hall–Kier alpha value is -7.68. The van der Waals surface area contributed by atoms with Gasteiger partial charge in [-0.3, -0.25) is 0 Å². The summed E-state index contributed by atoms with van der Waals surface area (Å²) >= 11 is 0. The van der Waals surface area contributed by atoms with E-state index in [4.69, 9.17) is 9.40 Å². The Labute approximate surface area is 313 Å². The smallest absolute Gasteiger partial charge is 0.227 e. The fourth-order valence-electron chi connectivity index (χ4n) is 9.66. The molecule has 1 aliphatic carbocycles. The maximum absolute atomic E-state index is 9.34. The van der Waals surface area contributed by atoms with E-state index in [1.54, 1.807) is 12.1 Å². The molecule has 5 nitrogen and oxygen atoms in total. The molecule has 0 atom stereocenters. The molecular weight excluding hydrogens is 673 g/mol. The first-order chi connectivity index (χ1) is 27.2. The van der Waals surface area contributed by atoms with Gasteiger partial charge in [0.05, 0.1) is 33.7 Å². The van der Waals surface area contributed by atoms with Gasteiger partial charge in [-0.2, -0.15) is 5.26 Å². The molecule has 9 aromatic carbocycles. The number of benzene rings is 8. The monoisotopic (exact) mass is 698 g/mol. The molecule has 0 saturated carbocycles. The summed E-state index contributed by atoms with van der Waals surface area (Å²) in [5, 5.41) is 21.7. The summed E-state index contributed by atoms with van der Waals surface area (Å²) in [7, 11) is 0. The van der Waals surface area contributed by atoms with E-state index in [9.17, 15) is 5.26 Å². The van der Waals surface area contributed by atoms with Gasteiger partial charge in [0, 0.05) is 55.0 Å². The van der Waals surface area contributed by atoms with Crippen molar-refractivity contribution in [2.24, 2.45) is 0 Å². The molecule has 0 unspecified atom stereocenters. The van der Waals surface area contributed by atoms with Gasteiger partial charge in [0.2, 0.25) is 5.89 Å². The molecular formula is C50H26N4O. The van der Waals surface area contributed by atoms with E-state index < -0.39 is 0 Å². The van der Waals surface area contributed by atoms with E-state index in [1.807, 2.05) is 12.1 Å². The van der Waals surface area contributed by atoms with Crippen molar-refractivity contribution in [2.45, 2.75) is 0 Å². The van der Waals surface area contributed by atoms with Crippen molar-refractivity contribution in [3.63, 3.8) is 0 Å². The number of rotatable bonds is 3. The molecule has 3 heterocycles. The molecule has 1 aliphatic rings. The lowest BCUT2D eigenvalue weighted by Crippen LogP contribution is -1.95. The summed E-state index contributed by atoms with van der Waals surface area (Å²) in [5.41, 5.74) is 11.4. The molecule has 0 spiro atoms. The molecule has 55 heavy (non-hydrogen) atoms. The first kappa shape index (κ1) is 28.9. The SMILES string of the molecule is N#Cc1ccc(-c2nc3c(o2)-c2cc(-n4c5cccc6c7cccc8c7c7c(cccc7n8-c7ccccc7)c7cccc4c7c65)cc4cccc-3c24)cc1. The third-order valence-electron chi connectivity index (χ3n) is 11.8. The van der Waals surface area contributed by atoms with E-state index in [0.29, 0.717) is 11.5 Å². The quantitative estimate of drug-likeness (QED) is 0.185. The molecule has 0 N–H and O–H groups in total. The Bertz CT molecular complexity index is 3530. The van der Waals surface area contributed by atoms with Crippen molar-refractivity contribution < 1.29 is 4.42 Å². The fraction of sp³-hybridized carbons (Fsp3) is 0. The highest BCUT2D eigenvalue weighted by atomic mass is 16.4. The second-order valence-corrected chi connectivity index (χ2v) is 14.6. The van der Waals surface area contributed by atoms with Crippen LogP contribution < -0.4 is 0 Å². The summed E-state index contributed by atoms with van der Waals surface area (Å²) in [6.07, 6.45) is 0. The van der Waals surface area contributed by atoms with Crippen LogP contribution in [0.2, 0.25) is 0 Å². The molecule has 252 valence electrons. The second-order valence-electron chi connectivity index (χ2n) is 14.6. The predicted molar refractivity (Wildman–Crippen MR) is 223 cm³/mol. The molecule has 0 amide bonds. The van der Waals surface area contributed by atoms with Gasteiger partial charge < -0.3 is 13.6 Å². The average Bonchev–Trinajstić information content (AvgIpc) is 3.99. The van der Waals surface area contributed by atoms with Gasteiger partial charge in [-0.1, -0.05) is 84.9 Å².